The molecular weight excluding hydrogens is 450 g/mol. The molecule has 0 fully saturated rings. The number of rotatable bonds is 9. The third-order valence-electron chi connectivity index (χ3n) is 5.79. The van der Waals surface area contributed by atoms with Crippen LogP contribution < -0.4 is 4.90 Å². The molecule has 6 heteroatoms. The number of carbonyl (C=O) groups excluding carboxylic acids is 1. The average molecular weight is 486 g/mol. The van der Waals surface area contributed by atoms with Gasteiger partial charge in [0.25, 0.3) is 5.91 Å². The lowest BCUT2D eigenvalue weighted by molar-refractivity contribution is 0.0985. The second-order valence-electron chi connectivity index (χ2n) is 9.05. The molecule has 0 saturated heterocycles. The first-order valence-corrected chi connectivity index (χ1v) is 12.4. The van der Waals surface area contributed by atoms with Crippen LogP contribution in [0.4, 0.5) is 5.13 Å². The highest BCUT2D eigenvalue weighted by molar-refractivity contribution is 7.14. The molecule has 2 aromatic carbocycles. The SMILES string of the molecule is CCN(CC)CCCN(C(=O)c1ccc(C(C)(C)C)cc1)c1nc(-c2ccccc2)cs1.Cl. The van der Waals surface area contributed by atoms with E-state index in [2.05, 4.69) is 63.8 Å². The fourth-order valence-corrected chi connectivity index (χ4v) is 4.53. The number of halogens is 1. The summed E-state index contributed by atoms with van der Waals surface area (Å²) in [5.41, 5.74) is 3.97. The number of carbonyl (C=O) groups is 1. The molecule has 0 aliphatic heterocycles. The molecule has 0 radical (unpaired) electrons. The third-order valence-corrected chi connectivity index (χ3v) is 6.65. The zero-order valence-electron chi connectivity index (χ0n) is 20.4. The molecule has 0 N–H and O–H groups in total. The van der Waals surface area contributed by atoms with E-state index in [1.807, 2.05) is 40.6 Å². The van der Waals surface area contributed by atoms with Crippen molar-refractivity contribution in [3.8, 4) is 11.3 Å². The van der Waals surface area contributed by atoms with Crippen LogP contribution >= 0.6 is 23.7 Å². The van der Waals surface area contributed by atoms with Crippen molar-refractivity contribution in [3.05, 3.63) is 71.1 Å². The fourth-order valence-electron chi connectivity index (χ4n) is 3.67. The lowest BCUT2D eigenvalue weighted by Crippen LogP contribution is -2.34. The average Bonchev–Trinajstić information content (AvgIpc) is 3.29. The van der Waals surface area contributed by atoms with Gasteiger partial charge in [0.15, 0.2) is 5.13 Å². The highest BCUT2D eigenvalue weighted by Crippen LogP contribution is 2.29. The van der Waals surface area contributed by atoms with Gasteiger partial charge in [0, 0.05) is 23.1 Å². The number of anilines is 1. The van der Waals surface area contributed by atoms with E-state index in [4.69, 9.17) is 4.98 Å². The predicted molar refractivity (Wildman–Crippen MR) is 144 cm³/mol. The van der Waals surface area contributed by atoms with Crippen LogP contribution in [0.3, 0.4) is 0 Å². The molecule has 178 valence electrons. The van der Waals surface area contributed by atoms with Gasteiger partial charge in [0.05, 0.1) is 5.69 Å². The Balaban J connectivity index is 0.00000385. The Bertz CT molecular complexity index is 992. The largest absolute Gasteiger partial charge is 0.304 e. The third kappa shape index (κ3) is 7.13. The van der Waals surface area contributed by atoms with Crippen molar-refractivity contribution in [2.75, 3.05) is 31.1 Å². The molecule has 1 heterocycles. The van der Waals surface area contributed by atoms with E-state index in [-0.39, 0.29) is 23.7 Å². The molecule has 0 aliphatic rings. The van der Waals surface area contributed by atoms with Crippen LogP contribution in [-0.2, 0) is 5.41 Å². The Kier molecular flexibility index (Phi) is 10.1. The maximum Gasteiger partial charge on any atom is 0.260 e. The van der Waals surface area contributed by atoms with Gasteiger partial charge in [-0.05, 0) is 49.2 Å². The maximum absolute atomic E-state index is 13.5. The first-order chi connectivity index (χ1) is 15.3. The standard InChI is InChI=1S/C27H35N3OS.ClH/c1-6-29(7-2)18-11-19-30(25(31)22-14-16-23(17-15-22)27(3,4)5)26-28-24(20-32-26)21-12-9-8-10-13-21;/h8-10,12-17,20H,6-7,11,18-19H2,1-5H3;1H. The van der Waals surface area contributed by atoms with Crippen molar-refractivity contribution in [2.24, 2.45) is 0 Å². The number of hydrogen-bond donors (Lipinski definition) is 0. The van der Waals surface area contributed by atoms with Gasteiger partial charge in [-0.15, -0.1) is 23.7 Å². The predicted octanol–water partition coefficient (Wildman–Crippen LogP) is 6.91. The summed E-state index contributed by atoms with van der Waals surface area (Å²) in [5.74, 6) is 0.0129. The van der Waals surface area contributed by atoms with Crippen LogP contribution in [0.15, 0.2) is 60.0 Å². The van der Waals surface area contributed by atoms with E-state index in [1.54, 1.807) is 0 Å². The van der Waals surface area contributed by atoms with Crippen LogP contribution in [0.25, 0.3) is 11.3 Å². The number of benzene rings is 2. The normalized spacial score (nSPS) is 11.3. The molecule has 3 aromatic rings. The highest BCUT2D eigenvalue weighted by atomic mass is 35.5. The van der Waals surface area contributed by atoms with E-state index >= 15 is 0 Å². The van der Waals surface area contributed by atoms with Crippen molar-refractivity contribution >= 4 is 34.8 Å². The lowest BCUT2D eigenvalue weighted by Gasteiger charge is -2.24. The van der Waals surface area contributed by atoms with Crippen LogP contribution in [0, 0.1) is 0 Å². The molecule has 0 unspecified atom stereocenters. The summed E-state index contributed by atoms with van der Waals surface area (Å²) in [4.78, 5) is 22.6. The topological polar surface area (TPSA) is 36.4 Å². The van der Waals surface area contributed by atoms with E-state index in [0.717, 1.165) is 42.4 Å². The molecule has 4 nitrogen and oxygen atoms in total. The van der Waals surface area contributed by atoms with Gasteiger partial charge in [0.1, 0.15) is 0 Å². The van der Waals surface area contributed by atoms with Crippen molar-refractivity contribution < 1.29 is 4.79 Å². The number of aromatic nitrogens is 1. The van der Waals surface area contributed by atoms with Crippen LogP contribution in [0.1, 0.15) is 57.0 Å². The minimum Gasteiger partial charge on any atom is -0.304 e. The molecule has 0 atom stereocenters. The van der Waals surface area contributed by atoms with Crippen LogP contribution in [0.5, 0.6) is 0 Å². The number of amides is 1. The molecule has 0 bridgehead atoms. The van der Waals surface area contributed by atoms with Crippen LogP contribution in [-0.4, -0.2) is 42.0 Å². The lowest BCUT2D eigenvalue weighted by atomic mass is 9.86. The summed E-state index contributed by atoms with van der Waals surface area (Å²) >= 11 is 1.53. The van der Waals surface area contributed by atoms with Gasteiger partial charge >= 0.3 is 0 Å². The Morgan fingerprint density at radius 1 is 0.939 bits per heavy atom. The van der Waals surface area contributed by atoms with E-state index < -0.39 is 0 Å². The first kappa shape index (κ1) is 27.0. The fraction of sp³-hybridized carbons (Fsp3) is 0.407. The summed E-state index contributed by atoms with van der Waals surface area (Å²) in [7, 11) is 0. The number of hydrogen-bond acceptors (Lipinski definition) is 4. The second-order valence-corrected chi connectivity index (χ2v) is 9.88. The van der Waals surface area contributed by atoms with Crippen LogP contribution in [0.2, 0.25) is 0 Å². The zero-order chi connectivity index (χ0) is 23.1. The van der Waals surface area contributed by atoms with Gasteiger partial charge in [0.2, 0.25) is 0 Å². The molecular formula is C27H36ClN3OS. The van der Waals surface area contributed by atoms with Crippen molar-refractivity contribution in [1.82, 2.24) is 9.88 Å². The molecule has 33 heavy (non-hydrogen) atoms. The van der Waals surface area contributed by atoms with Crippen molar-refractivity contribution in [1.29, 1.82) is 0 Å². The zero-order valence-corrected chi connectivity index (χ0v) is 22.0. The summed E-state index contributed by atoms with van der Waals surface area (Å²) < 4.78 is 0. The smallest absolute Gasteiger partial charge is 0.260 e. The quantitative estimate of drug-likeness (QED) is 0.330. The molecule has 1 amide bonds. The van der Waals surface area contributed by atoms with Gasteiger partial charge in [-0.2, -0.15) is 0 Å². The van der Waals surface area contributed by atoms with Gasteiger partial charge in [-0.25, -0.2) is 4.98 Å². The van der Waals surface area contributed by atoms with Crippen molar-refractivity contribution in [2.45, 2.75) is 46.5 Å². The first-order valence-electron chi connectivity index (χ1n) is 11.5. The molecule has 0 saturated carbocycles. The molecule has 3 rings (SSSR count). The summed E-state index contributed by atoms with van der Waals surface area (Å²) in [6, 6.07) is 18.2. The Hall–Kier alpha value is -2.21. The molecule has 0 aliphatic carbocycles. The Morgan fingerprint density at radius 2 is 1.58 bits per heavy atom. The minimum absolute atomic E-state index is 0. The van der Waals surface area contributed by atoms with Gasteiger partial charge in [-0.1, -0.05) is 77.1 Å². The minimum atomic E-state index is 0. The second kappa shape index (κ2) is 12.3. The summed E-state index contributed by atoms with van der Waals surface area (Å²) in [6.45, 7) is 14.6. The molecule has 1 aromatic heterocycles. The maximum atomic E-state index is 13.5. The molecule has 0 spiro atoms. The summed E-state index contributed by atoms with van der Waals surface area (Å²) in [5, 5.41) is 2.80. The Labute approximate surface area is 209 Å². The van der Waals surface area contributed by atoms with E-state index in [0.29, 0.717) is 12.1 Å². The Morgan fingerprint density at radius 3 is 2.15 bits per heavy atom. The number of thiazole rings is 1. The van der Waals surface area contributed by atoms with Gasteiger partial charge in [-0.3, -0.25) is 9.69 Å². The van der Waals surface area contributed by atoms with E-state index in [1.165, 1.54) is 16.9 Å². The van der Waals surface area contributed by atoms with Gasteiger partial charge < -0.3 is 4.90 Å². The number of nitrogens with zero attached hydrogens (tertiary/aromatic N) is 3. The van der Waals surface area contributed by atoms with Crippen molar-refractivity contribution in [3.63, 3.8) is 0 Å². The highest BCUT2D eigenvalue weighted by Gasteiger charge is 2.22. The van der Waals surface area contributed by atoms with E-state index in [9.17, 15) is 4.79 Å². The monoisotopic (exact) mass is 485 g/mol. The summed E-state index contributed by atoms with van der Waals surface area (Å²) in [6.07, 6.45) is 0.910.